The Hall–Kier alpha value is -2.38. The van der Waals surface area contributed by atoms with Crippen molar-refractivity contribution in [1.82, 2.24) is 9.78 Å². The van der Waals surface area contributed by atoms with Crippen LogP contribution in [0, 0.1) is 27.6 Å². The number of nitro groups is 1. The zero-order valence-corrected chi connectivity index (χ0v) is 10.0. The van der Waals surface area contributed by atoms with Gasteiger partial charge in [-0.3, -0.25) is 10.1 Å². The maximum atomic E-state index is 13.9. The Kier molecular flexibility index (Phi) is 2.73. The first-order chi connectivity index (χ1) is 9.50. The fraction of sp³-hybridized carbons (Fsp3) is 0.250. The molecule has 0 aliphatic heterocycles. The smallest absolute Gasteiger partial charge is 0.258 e. The summed E-state index contributed by atoms with van der Waals surface area (Å²) in [6.45, 7) is 0. The summed E-state index contributed by atoms with van der Waals surface area (Å²) in [5.41, 5.74) is -0.967. The summed E-state index contributed by atoms with van der Waals surface area (Å²) in [4.78, 5) is 9.98. The third-order valence-corrected chi connectivity index (χ3v) is 3.19. The van der Waals surface area contributed by atoms with Crippen LogP contribution in [0.15, 0.2) is 18.3 Å². The highest BCUT2D eigenvalue weighted by Gasteiger charge is 2.33. The fourth-order valence-corrected chi connectivity index (χ4v) is 2.10. The first-order valence-electron chi connectivity index (χ1n) is 5.87. The van der Waals surface area contributed by atoms with Gasteiger partial charge in [-0.1, -0.05) is 0 Å². The second kappa shape index (κ2) is 4.32. The summed E-state index contributed by atoms with van der Waals surface area (Å²) < 4.78 is 41.4. The summed E-state index contributed by atoms with van der Waals surface area (Å²) in [5.74, 6) is -4.84. The normalized spacial score (nSPS) is 14.6. The number of benzene rings is 1. The van der Waals surface area contributed by atoms with Gasteiger partial charge in [-0.05, 0) is 18.9 Å². The van der Waals surface area contributed by atoms with Crippen molar-refractivity contribution in [3.8, 4) is 5.69 Å². The monoisotopic (exact) mass is 283 g/mol. The highest BCUT2D eigenvalue weighted by Crippen LogP contribution is 2.42. The van der Waals surface area contributed by atoms with Crippen LogP contribution in [0.5, 0.6) is 0 Å². The zero-order valence-electron chi connectivity index (χ0n) is 10.0. The Labute approximate surface area is 110 Å². The minimum Gasteiger partial charge on any atom is -0.258 e. The third-order valence-electron chi connectivity index (χ3n) is 3.19. The van der Waals surface area contributed by atoms with E-state index in [2.05, 4.69) is 5.10 Å². The number of aromatic nitrogens is 2. The summed E-state index contributed by atoms with van der Waals surface area (Å²) >= 11 is 0. The predicted molar refractivity (Wildman–Crippen MR) is 62.1 cm³/mol. The lowest BCUT2D eigenvalue weighted by molar-refractivity contribution is -0.385. The lowest BCUT2D eigenvalue weighted by atomic mass is 10.2. The maximum Gasteiger partial charge on any atom is 0.301 e. The molecule has 1 aromatic carbocycles. The van der Waals surface area contributed by atoms with E-state index in [4.69, 9.17) is 0 Å². The molecular formula is C12H8F3N3O2. The number of hydrogen-bond acceptors (Lipinski definition) is 3. The summed E-state index contributed by atoms with van der Waals surface area (Å²) in [6.07, 6.45) is 3.05. The van der Waals surface area contributed by atoms with Gasteiger partial charge in [0, 0.05) is 17.8 Å². The zero-order chi connectivity index (χ0) is 14.4. The van der Waals surface area contributed by atoms with Gasteiger partial charge in [-0.25, -0.2) is 17.9 Å². The van der Waals surface area contributed by atoms with Gasteiger partial charge >= 0.3 is 5.69 Å². The number of rotatable bonds is 3. The first-order valence-corrected chi connectivity index (χ1v) is 5.87. The van der Waals surface area contributed by atoms with E-state index < -0.39 is 33.7 Å². The second-order valence-electron chi connectivity index (χ2n) is 4.55. The Morgan fingerprint density at radius 2 is 2.00 bits per heavy atom. The van der Waals surface area contributed by atoms with Crippen molar-refractivity contribution in [2.45, 2.75) is 18.8 Å². The lowest BCUT2D eigenvalue weighted by Crippen LogP contribution is -2.10. The summed E-state index contributed by atoms with van der Waals surface area (Å²) in [6, 6.07) is 1.95. The number of nitrogens with zero attached hydrogens (tertiary/aromatic N) is 3. The van der Waals surface area contributed by atoms with Crippen LogP contribution in [0.4, 0.5) is 18.9 Å². The van der Waals surface area contributed by atoms with Crippen LogP contribution in [0.25, 0.3) is 5.69 Å². The topological polar surface area (TPSA) is 61.0 Å². The molecule has 3 rings (SSSR count). The molecule has 0 bridgehead atoms. The molecule has 1 saturated carbocycles. The van der Waals surface area contributed by atoms with E-state index in [1.165, 1.54) is 6.20 Å². The third kappa shape index (κ3) is 1.84. The molecule has 0 radical (unpaired) electrons. The van der Waals surface area contributed by atoms with Crippen LogP contribution in [-0.4, -0.2) is 14.7 Å². The molecule has 1 aromatic heterocycles. The fourth-order valence-electron chi connectivity index (χ4n) is 2.10. The van der Waals surface area contributed by atoms with Gasteiger partial charge < -0.3 is 0 Å². The van der Waals surface area contributed by atoms with Crippen LogP contribution >= 0.6 is 0 Å². The molecule has 1 aliphatic rings. The van der Waals surface area contributed by atoms with E-state index in [1.54, 1.807) is 6.07 Å². The van der Waals surface area contributed by atoms with Gasteiger partial charge in [-0.15, -0.1) is 0 Å². The molecule has 1 fully saturated rings. The van der Waals surface area contributed by atoms with Crippen molar-refractivity contribution < 1.29 is 18.1 Å². The summed E-state index contributed by atoms with van der Waals surface area (Å²) in [5, 5.41) is 14.7. The highest BCUT2D eigenvalue weighted by molar-refractivity contribution is 5.54. The average Bonchev–Trinajstić information content (AvgIpc) is 3.14. The highest BCUT2D eigenvalue weighted by atomic mass is 19.2. The van der Waals surface area contributed by atoms with Gasteiger partial charge in [0.1, 0.15) is 0 Å². The Morgan fingerprint density at radius 1 is 1.30 bits per heavy atom. The van der Waals surface area contributed by atoms with E-state index in [9.17, 15) is 23.3 Å². The van der Waals surface area contributed by atoms with Crippen molar-refractivity contribution >= 4 is 5.69 Å². The van der Waals surface area contributed by atoms with Crippen LogP contribution in [0.3, 0.4) is 0 Å². The van der Waals surface area contributed by atoms with E-state index in [1.807, 2.05) is 0 Å². The van der Waals surface area contributed by atoms with Crippen LogP contribution in [-0.2, 0) is 0 Å². The van der Waals surface area contributed by atoms with Gasteiger partial charge in [0.2, 0.25) is 0 Å². The number of nitro benzene ring substituents is 1. The van der Waals surface area contributed by atoms with Gasteiger partial charge in [-0.2, -0.15) is 5.10 Å². The standard InChI is InChI=1S/C12H8F3N3O2/c13-7-5-9(18(19)20)12(11(15)10(7)14)17-8(3-4-16-17)6-1-2-6/h3-6H,1-2H2. The molecule has 0 saturated heterocycles. The van der Waals surface area contributed by atoms with E-state index in [0.717, 1.165) is 17.5 Å². The van der Waals surface area contributed by atoms with Crippen molar-refractivity contribution in [1.29, 1.82) is 0 Å². The lowest BCUT2D eigenvalue weighted by Gasteiger charge is -2.09. The molecule has 0 atom stereocenters. The van der Waals surface area contributed by atoms with Gasteiger partial charge in [0.25, 0.3) is 0 Å². The van der Waals surface area contributed by atoms with Crippen LogP contribution in [0.2, 0.25) is 0 Å². The molecule has 0 unspecified atom stereocenters. The van der Waals surface area contributed by atoms with Crippen molar-refractivity contribution in [3.63, 3.8) is 0 Å². The van der Waals surface area contributed by atoms with Gasteiger partial charge in [0.05, 0.1) is 11.0 Å². The molecule has 8 heteroatoms. The summed E-state index contributed by atoms with van der Waals surface area (Å²) in [7, 11) is 0. The molecule has 0 N–H and O–H groups in total. The van der Waals surface area contributed by atoms with Gasteiger partial charge in [0.15, 0.2) is 23.1 Å². The van der Waals surface area contributed by atoms with Crippen molar-refractivity contribution in [2.75, 3.05) is 0 Å². The molecule has 104 valence electrons. The Balaban J connectivity index is 2.28. The minimum absolute atomic E-state index is 0.115. The molecule has 0 spiro atoms. The first kappa shape index (κ1) is 12.6. The SMILES string of the molecule is O=[N+]([O-])c1cc(F)c(F)c(F)c1-n1nccc1C1CC1. The average molecular weight is 283 g/mol. The molecule has 1 aliphatic carbocycles. The van der Waals surface area contributed by atoms with Crippen LogP contribution < -0.4 is 0 Å². The number of halogens is 3. The van der Waals surface area contributed by atoms with E-state index in [0.29, 0.717) is 11.8 Å². The van der Waals surface area contributed by atoms with E-state index in [-0.39, 0.29) is 5.92 Å². The largest absolute Gasteiger partial charge is 0.301 e. The predicted octanol–water partition coefficient (Wildman–Crippen LogP) is 3.08. The molecular weight excluding hydrogens is 275 g/mol. The molecule has 0 amide bonds. The Morgan fingerprint density at radius 3 is 2.60 bits per heavy atom. The Bertz CT molecular complexity index is 710. The van der Waals surface area contributed by atoms with E-state index >= 15 is 0 Å². The number of hydrogen-bond donors (Lipinski definition) is 0. The van der Waals surface area contributed by atoms with Crippen LogP contribution in [0.1, 0.15) is 24.5 Å². The minimum atomic E-state index is -1.75. The molecule has 5 nitrogen and oxygen atoms in total. The quantitative estimate of drug-likeness (QED) is 0.494. The second-order valence-corrected chi connectivity index (χ2v) is 4.55. The van der Waals surface area contributed by atoms with Crippen molar-refractivity contribution in [2.24, 2.45) is 0 Å². The molecule has 2 aromatic rings. The molecule has 20 heavy (non-hydrogen) atoms. The maximum absolute atomic E-state index is 13.9. The molecule has 1 heterocycles. The van der Waals surface area contributed by atoms with Crippen molar-refractivity contribution in [3.05, 3.63) is 51.6 Å².